The third-order valence-corrected chi connectivity index (χ3v) is 3.21. The van der Waals surface area contributed by atoms with E-state index in [1.807, 2.05) is 0 Å². The number of nitrogens with zero attached hydrogens (tertiary/aromatic N) is 2. The normalized spacial score (nSPS) is 10.6. The maximum absolute atomic E-state index is 13.1. The molecule has 1 aromatic carbocycles. The first kappa shape index (κ1) is 13.5. The molecule has 3 rings (SSSR count). The summed E-state index contributed by atoms with van der Waals surface area (Å²) in [6, 6.07) is 9.21. The Kier molecular flexibility index (Phi) is 3.53. The highest BCUT2D eigenvalue weighted by Gasteiger charge is 2.14. The number of rotatable bonds is 2. The van der Waals surface area contributed by atoms with Crippen LogP contribution in [-0.2, 0) is 0 Å². The van der Waals surface area contributed by atoms with Crippen molar-refractivity contribution in [1.82, 2.24) is 15.0 Å². The van der Waals surface area contributed by atoms with Crippen LogP contribution >= 0.6 is 12.6 Å². The molecule has 0 aliphatic heterocycles. The number of halogens is 1. The second kappa shape index (κ2) is 5.49. The molecule has 3 aromatic rings. The molecule has 0 unspecified atom stereocenters. The molecule has 0 bridgehead atoms. The van der Waals surface area contributed by atoms with Crippen LogP contribution in [0.15, 0.2) is 58.7 Å². The monoisotopic (exact) mass is 299 g/mol. The van der Waals surface area contributed by atoms with Gasteiger partial charge in [0.15, 0.2) is 5.16 Å². The largest absolute Gasteiger partial charge is 0.301 e. The average Bonchev–Trinajstić information content (AvgIpc) is 2.49. The predicted octanol–water partition coefficient (Wildman–Crippen LogP) is 2.93. The number of H-pyrrole nitrogens is 1. The highest BCUT2D eigenvalue weighted by Crippen LogP contribution is 2.27. The van der Waals surface area contributed by atoms with Gasteiger partial charge in [-0.05, 0) is 29.8 Å². The lowest BCUT2D eigenvalue weighted by Crippen LogP contribution is -2.13. The van der Waals surface area contributed by atoms with Crippen LogP contribution in [0.3, 0.4) is 0 Å². The summed E-state index contributed by atoms with van der Waals surface area (Å²) in [5, 5.41) is 0.220. The molecular weight excluding hydrogens is 289 g/mol. The van der Waals surface area contributed by atoms with E-state index in [2.05, 4.69) is 27.6 Å². The Bertz CT molecular complexity index is 832. The van der Waals surface area contributed by atoms with Crippen LogP contribution in [0.25, 0.3) is 22.4 Å². The summed E-state index contributed by atoms with van der Waals surface area (Å²) in [6.07, 6.45) is 3.23. The molecule has 0 saturated heterocycles. The van der Waals surface area contributed by atoms with Crippen molar-refractivity contribution in [2.24, 2.45) is 0 Å². The fourth-order valence-corrected chi connectivity index (χ4v) is 2.27. The number of aromatic nitrogens is 3. The van der Waals surface area contributed by atoms with Crippen molar-refractivity contribution in [2.75, 3.05) is 0 Å². The second-order valence-electron chi connectivity index (χ2n) is 4.36. The molecular formula is C15H10FN3OS. The molecule has 0 radical (unpaired) electrons. The fourth-order valence-electron chi connectivity index (χ4n) is 2.06. The second-order valence-corrected chi connectivity index (χ2v) is 4.78. The predicted molar refractivity (Wildman–Crippen MR) is 80.7 cm³/mol. The Morgan fingerprint density at radius 1 is 1.00 bits per heavy atom. The summed E-state index contributed by atoms with van der Waals surface area (Å²) < 4.78 is 13.1. The lowest BCUT2D eigenvalue weighted by Gasteiger charge is -2.09. The number of aromatic amines is 1. The van der Waals surface area contributed by atoms with Crippen molar-refractivity contribution in [3.63, 3.8) is 0 Å². The van der Waals surface area contributed by atoms with Crippen molar-refractivity contribution in [2.45, 2.75) is 5.16 Å². The molecule has 0 aliphatic rings. The van der Waals surface area contributed by atoms with E-state index < -0.39 is 0 Å². The minimum absolute atomic E-state index is 0.220. The molecule has 4 nitrogen and oxygen atoms in total. The first-order valence-electron chi connectivity index (χ1n) is 6.15. The van der Waals surface area contributed by atoms with Crippen LogP contribution in [0.2, 0.25) is 0 Å². The van der Waals surface area contributed by atoms with Crippen molar-refractivity contribution >= 4 is 12.6 Å². The van der Waals surface area contributed by atoms with Crippen LogP contribution in [0.1, 0.15) is 0 Å². The number of thiol groups is 1. The van der Waals surface area contributed by atoms with Gasteiger partial charge < -0.3 is 4.98 Å². The quantitative estimate of drug-likeness (QED) is 0.565. The fraction of sp³-hybridized carbons (Fsp3) is 0. The lowest BCUT2D eigenvalue weighted by atomic mass is 10.0. The maximum Gasteiger partial charge on any atom is 0.260 e. The first-order valence-corrected chi connectivity index (χ1v) is 6.59. The summed E-state index contributed by atoms with van der Waals surface area (Å²) in [4.78, 5) is 23.1. The van der Waals surface area contributed by atoms with Crippen molar-refractivity contribution < 1.29 is 4.39 Å². The van der Waals surface area contributed by atoms with Gasteiger partial charge in [0.1, 0.15) is 5.82 Å². The van der Waals surface area contributed by atoms with E-state index >= 15 is 0 Å². The highest BCUT2D eigenvalue weighted by molar-refractivity contribution is 7.80. The number of hydrogen-bond acceptors (Lipinski definition) is 4. The van der Waals surface area contributed by atoms with E-state index in [4.69, 9.17) is 0 Å². The minimum Gasteiger partial charge on any atom is -0.301 e. The molecule has 2 aromatic heterocycles. The van der Waals surface area contributed by atoms with E-state index in [0.29, 0.717) is 16.8 Å². The van der Waals surface area contributed by atoms with Gasteiger partial charge in [-0.2, -0.15) is 0 Å². The number of hydrogen-bond donors (Lipinski definition) is 2. The zero-order chi connectivity index (χ0) is 14.8. The third kappa shape index (κ3) is 2.71. The summed E-state index contributed by atoms with van der Waals surface area (Å²) in [7, 11) is 0. The topological polar surface area (TPSA) is 58.6 Å². The Morgan fingerprint density at radius 3 is 2.33 bits per heavy atom. The van der Waals surface area contributed by atoms with E-state index in [1.165, 1.54) is 12.1 Å². The van der Waals surface area contributed by atoms with Gasteiger partial charge in [-0.15, -0.1) is 12.6 Å². The van der Waals surface area contributed by atoms with E-state index in [-0.39, 0.29) is 16.5 Å². The van der Waals surface area contributed by atoms with E-state index in [0.717, 1.165) is 5.56 Å². The standard InChI is InChI=1S/C15H10FN3OS/c16-11-3-1-9(2-4-11)12-13(10-5-7-17-8-6-10)18-15(21)19-14(12)20/h1-8H,(H2,18,19,20,21). The molecule has 0 spiro atoms. The summed E-state index contributed by atoms with van der Waals surface area (Å²) in [5.41, 5.74) is 1.86. The molecule has 0 amide bonds. The van der Waals surface area contributed by atoms with Gasteiger partial charge in [0, 0.05) is 18.0 Å². The Hall–Kier alpha value is -2.47. The number of pyridine rings is 1. The van der Waals surface area contributed by atoms with Gasteiger partial charge in [0.25, 0.3) is 5.56 Å². The Morgan fingerprint density at radius 2 is 1.67 bits per heavy atom. The van der Waals surface area contributed by atoms with Crippen LogP contribution in [-0.4, -0.2) is 15.0 Å². The molecule has 104 valence electrons. The zero-order valence-corrected chi connectivity index (χ0v) is 11.6. The van der Waals surface area contributed by atoms with Gasteiger partial charge >= 0.3 is 0 Å². The van der Waals surface area contributed by atoms with Crippen LogP contribution in [0.4, 0.5) is 4.39 Å². The molecule has 0 atom stereocenters. The summed E-state index contributed by atoms with van der Waals surface area (Å²) in [6.45, 7) is 0. The Balaban J connectivity index is 2.29. The molecule has 2 heterocycles. The van der Waals surface area contributed by atoms with Gasteiger partial charge in [-0.25, -0.2) is 9.37 Å². The number of nitrogens with one attached hydrogen (secondary N) is 1. The van der Waals surface area contributed by atoms with Crippen LogP contribution in [0.5, 0.6) is 0 Å². The molecule has 6 heteroatoms. The van der Waals surface area contributed by atoms with Gasteiger partial charge in [-0.1, -0.05) is 12.1 Å². The van der Waals surface area contributed by atoms with E-state index in [9.17, 15) is 9.18 Å². The average molecular weight is 299 g/mol. The van der Waals surface area contributed by atoms with Crippen LogP contribution < -0.4 is 5.56 Å². The molecule has 0 saturated carbocycles. The third-order valence-electron chi connectivity index (χ3n) is 2.99. The maximum atomic E-state index is 13.1. The Labute approximate surface area is 125 Å². The van der Waals surface area contributed by atoms with E-state index in [1.54, 1.807) is 36.7 Å². The van der Waals surface area contributed by atoms with Gasteiger partial charge in [0.2, 0.25) is 0 Å². The van der Waals surface area contributed by atoms with Crippen molar-refractivity contribution in [3.05, 3.63) is 65.0 Å². The lowest BCUT2D eigenvalue weighted by molar-refractivity contribution is 0.628. The summed E-state index contributed by atoms with van der Waals surface area (Å²) in [5.74, 6) is -0.362. The number of benzene rings is 1. The smallest absolute Gasteiger partial charge is 0.260 e. The minimum atomic E-state index is -0.362. The molecule has 0 fully saturated rings. The van der Waals surface area contributed by atoms with Crippen LogP contribution in [0, 0.1) is 5.82 Å². The SMILES string of the molecule is O=c1[nH]c(S)nc(-c2ccncc2)c1-c1ccc(F)cc1. The zero-order valence-electron chi connectivity index (χ0n) is 10.7. The molecule has 1 N–H and O–H groups in total. The van der Waals surface area contributed by atoms with Gasteiger partial charge in [0.05, 0.1) is 11.3 Å². The molecule has 0 aliphatic carbocycles. The first-order chi connectivity index (χ1) is 10.1. The van der Waals surface area contributed by atoms with Crippen molar-refractivity contribution in [1.29, 1.82) is 0 Å². The molecule has 21 heavy (non-hydrogen) atoms. The summed E-state index contributed by atoms with van der Waals surface area (Å²) >= 11 is 4.11. The van der Waals surface area contributed by atoms with Gasteiger partial charge in [-0.3, -0.25) is 9.78 Å². The highest BCUT2D eigenvalue weighted by atomic mass is 32.1. The van der Waals surface area contributed by atoms with Crippen molar-refractivity contribution in [3.8, 4) is 22.4 Å².